The van der Waals surface area contributed by atoms with E-state index in [1.807, 2.05) is 0 Å². The molecular weight excluding hydrogens is 241 g/mol. The summed E-state index contributed by atoms with van der Waals surface area (Å²) >= 11 is 0. The summed E-state index contributed by atoms with van der Waals surface area (Å²) < 4.78 is 38.7. The third-order valence-corrected chi connectivity index (χ3v) is 4.09. The van der Waals surface area contributed by atoms with Gasteiger partial charge in [-0.2, -0.15) is 13.2 Å². The van der Waals surface area contributed by atoms with E-state index in [1.54, 1.807) is 0 Å². The molecule has 18 heavy (non-hydrogen) atoms. The molecule has 1 N–H and O–H groups in total. The second kappa shape index (κ2) is 7.37. The van der Waals surface area contributed by atoms with Gasteiger partial charge in [0.1, 0.15) is 0 Å². The van der Waals surface area contributed by atoms with Crippen LogP contribution in [0.1, 0.15) is 64.7 Å². The molecule has 1 fully saturated rings. The van der Waals surface area contributed by atoms with Crippen LogP contribution in [0.3, 0.4) is 0 Å². The number of rotatable bonds is 6. The highest BCUT2D eigenvalue weighted by atomic mass is 19.4. The van der Waals surface area contributed by atoms with Gasteiger partial charge in [-0.05, 0) is 25.2 Å². The first kappa shape index (κ1) is 15.8. The number of aliphatic hydroxyl groups excluding tert-OH is 1. The van der Waals surface area contributed by atoms with Gasteiger partial charge in [0.2, 0.25) is 0 Å². The first-order valence-electron chi connectivity index (χ1n) is 7.21. The molecule has 3 unspecified atom stereocenters. The van der Waals surface area contributed by atoms with Crippen molar-refractivity contribution in [2.45, 2.75) is 77.0 Å². The molecule has 1 nitrogen and oxygen atoms in total. The van der Waals surface area contributed by atoms with Gasteiger partial charge in [0.25, 0.3) is 0 Å². The van der Waals surface area contributed by atoms with Crippen molar-refractivity contribution < 1.29 is 18.3 Å². The number of halogens is 3. The molecule has 0 aliphatic heterocycles. The van der Waals surface area contributed by atoms with Crippen LogP contribution in [0, 0.1) is 11.8 Å². The Balaban J connectivity index is 2.44. The van der Waals surface area contributed by atoms with Gasteiger partial charge in [0.05, 0.1) is 12.0 Å². The average Bonchev–Trinajstić information content (AvgIpc) is 2.33. The van der Waals surface area contributed by atoms with E-state index in [0.717, 1.165) is 32.1 Å². The van der Waals surface area contributed by atoms with Crippen LogP contribution in [-0.2, 0) is 0 Å². The molecule has 0 heterocycles. The summed E-state index contributed by atoms with van der Waals surface area (Å²) in [6.45, 7) is 2.09. The molecule has 0 aromatic heterocycles. The van der Waals surface area contributed by atoms with Crippen LogP contribution in [0.25, 0.3) is 0 Å². The van der Waals surface area contributed by atoms with Crippen LogP contribution in [0.4, 0.5) is 13.2 Å². The zero-order valence-electron chi connectivity index (χ0n) is 11.2. The third kappa shape index (κ3) is 4.79. The van der Waals surface area contributed by atoms with Gasteiger partial charge in [0, 0.05) is 0 Å². The Morgan fingerprint density at radius 3 is 2.39 bits per heavy atom. The van der Waals surface area contributed by atoms with E-state index < -0.39 is 24.1 Å². The predicted molar refractivity (Wildman–Crippen MR) is 66.3 cm³/mol. The molecule has 3 atom stereocenters. The lowest BCUT2D eigenvalue weighted by molar-refractivity contribution is -0.207. The Labute approximate surface area is 108 Å². The van der Waals surface area contributed by atoms with E-state index in [-0.39, 0.29) is 6.42 Å². The number of unbranched alkanes of at least 4 members (excludes halogenated alkanes) is 3. The van der Waals surface area contributed by atoms with Crippen molar-refractivity contribution in [3.05, 3.63) is 0 Å². The van der Waals surface area contributed by atoms with Crippen molar-refractivity contribution in [3.63, 3.8) is 0 Å². The predicted octanol–water partition coefficient (Wildman–Crippen LogP) is 4.69. The number of alkyl halides is 3. The highest BCUT2D eigenvalue weighted by Gasteiger charge is 2.47. The Kier molecular flexibility index (Phi) is 6.47. The molecule has 1 aliphatic carbocycles. The quantitative estimate of drug-likeness (QED) is 0.692. The summed E-state index contributed by atoms with van der Waals surface area (Å²) in [7, 11) is 0. The molecule has 0 aromatic carbocycles. The van der Waals surface area contributed by atoms with Gasteiger partial charge in [-0.1, -0.05) is 45.4 Å². The van der Waals surface area contributed by atoms with E-state index in [2.05, 4.69) is 6.92 Å². The third-order valence-electron chi connectivity index (χ3n) is 4.09. The van der Waals surface area contributed by atoms with E-state index in [9.17, 15) is 18.3 Å². The van der Waals surface area contributed by atoms with Gasteiger partial charge in [0.15, 0.2) is 0 Å². The molecule has 0 saturated heterocycles. The van der Waals surface area contributed by atoms with Crippen LogP contribution < -0.4 is 0 Å². The number of hydrogen-bond donors (Lipinski definition) is 1. The fourth-order valence-corrected chi connectivity index (χ4v) is 3.02. The van der Waals surface area contributed by atoms with E-state index >= 15 is 0 Å². The normalized spacial score (nSPS) is 27.2. The Hall–Kier alpha value is -0.250. The van der Waals surface area contributed by atoms with Crippen molar-refractivity contribution in [3.8, 4) is 0 Å². The Morgan fingerprint density at radius 1 is 1.11 bits per heavy atom. The van der Waals surface area contributed by atoms with Crippen molar-refractivity contribution in [2.24, 2.45) is 11.8 Å². The van der Waals surface area contributed by atoms with Gasteiger partial charge >= 0.3 is 6.18 Å². The number of aliphatic hydroxyl groups is 1. The molecule has 4 heteroatoms. The SMILES string of the molecule is CCCCCCC(O)C1CCCCC1C(F)(F)F. The molecule has 0 spiro atoms. The summed E-state index contributed by atoms with van der Waals surface area (Å²) in [5, 5.41) is 10.0. The van der Waals surface area contributed by atoms with Crippen molar-refractivity contribution in [2.75, 3.05) is 0 Å². The smallest absolute Gasteiger partial charge is 0.392 e. The summed E-state index contributed by atoms with van der Waals surface area (Å²) in [6, 6.07) is 0. The second-order valence-corrected chi connectivity index (χ2v) is 5.51. The van der Waals surface area contributed by atoms with Gasteiger partial charge < -0.3 is 5.11 Å². The van der Waals surface area contributed by atoms with E-state index in [0.29, 0.717) is 19.3 Å². The molecule has 0 radical (unpaired) electrons. The summed E-state index contributed by atoms with van der Waals surface area (Å²) in [5.74, 6) is -1.85. The van der Waals surface area contributed by atoms with Crippen LogP contribution in [0.15, 0.2) is 0 Å². The van der Waals surface area contributed by atoms with Crippen molar-refractivity contribution >= 4 is 0 Å². The lowest BCUT2D eigenvalue weighted by Crippen LogP contribution is -2.39. The first-order valence-corrected chi connectivity index (χ1v) is 7.21. The topological polar surface area (TPSA) is 20.2 Å². The fraction of sp³-hybridized carbons (Fsp3) is 1.00. The van der Waals surface area contributed by atoms with Crippen molar-refractivity contribution in [1.29, 1.82) is 0 Å². The Morgan fingerprint density at radius 2 is 1.78 bits per heavy atom. The molecule has 0 bridgehead atoms. The highest BCUT2D eigenvalue weighted by Crippen LogP contribution is 2.43. The largest absolute Gasteiger partial charge is 0.393 e. The minimum absolute atomic E-state index is 0.195. The molecule has 0 aromatic rings. The lowest BCUT2D eigenvalue weighted by atomic mass is 9.74. The monoisotopic (exact) mass is 266 g/mol. The van der Waals surface area contributed by atoms with Crippen LogP contribution >= 0.6 is 0 Å². The highest BCUT2D eigenvalue weighted by molar-refractivity contribution is 4.84. The standard InChI is InChI=1S/C14H25F3O/c1-2-3-4-5-10-13(18)11-8-6-7-9-12(11)14(15,16)17/h11-13,18H,2-10H2,1H3. The van der Waals surface area contributed by atoms with E-state index in [1.165, 1.54) is 0 Å². The molecule has 1 aliphatic rings. The maximum atomic E-state index is 12.9. The Bertz CT molecular complexity index is 228. The molecule has 0 amide bonds. The van der Waals surface area contributed by atoms with Crippen LogP contribution in [0.2, 0.25) is 0 Å². The van der Waals surface area contributed by atoms with Gasteiger partial charge in [-0.3, -0.25) is 0 Å². The summed E-state index contributed by atoms with van der Waals surface area (Å²) in [4.78, 5) is 0. The van der Waals surface area contributed by atoms with Gasteiger partial charge in [-0.25, -0.2) is 0 Å². The zero-order chi connectivity index (χ0) is 13.6. The lowest BCUT2D eigenvalue weighted by Gasteiger charge is -2.36. The average molecular weight is 266 g/mol. The maximum absolute atomic E-state index is 12.9. The van der Waals surface area contributed by atoms with E-state index in [4.69, 9.17) is 0 Å². The molecule has 1 rings (SSSR count). The molecule has 1 saturated carbocycles. The molecular formula is C14H25F3O. The fourth-order valence-electron chi connectivity index (χ4n) is 3.02. The number of hydrogen-bond acceptors (Lipinski definition) is 1. The molecule has 108 valence electrons. The van der Waals surface area contributed by atoms with Crippen LogP contribution in [-0.4, -0.2) is 17.4 Å². The zero-order valence-corrected chi connectivity index (χ0v) is 11.2. The van der Waals surface area contributed by atoms with Crippen molar-refractivity contribution in [1.82, 2.24) is 0 Å². The second-order valence-electron chi connectivity index (χ2n) is 5.51. The van der Waals surface area contributed by atoms with Gasteiger partial charge in [-0.15, -0.1) is 0 Å². The minimum atomic E-state index is -4.14. The first-order chi connectivity index (χ1) is 8.46. The summed E-state index contributed by atoms with van der Waals surface area (Å²) in [6.07, 6.45) is 1.85. The summed E-state index contributed by atoms with van der Waals surface area (Å²) in [5.41, 5.74) is 0. The minimum Gasteiger partial charge on any atom is -0.393 e. The maximum Gasteiger partial charge on any atom is 0.392 e. The van der Waals surface area contributed by atoms with Crippen LogP contribution in [0.5, 0.6) is 0 Å².